The van der Waals surface area contributed by atoms with Crippen LogP contribution in [0.15, 0.2) is 66.7 Å². The Morgan fingerprint density at radius 1 is 1.05 bits per heavy atom. The molecule has 3 aromatic carbocycles. The zero-order valence-electron chi connectivity index (χ0n) is 23.7. The average molecular weight is 592 g/mol. The number of rotatable bonds is 6. The second-order valence-electron chi connectivity index (χ2n) is 11.7. The highest BCUT2D eigenvalue weighted by atomic mass is 32.2. The van der Waals surface area contributed by atoms with E-state index in [2.05, 4.69) is 27.1 Å². The van der Waals surface area contributed by atoms with E-state index in [1.807, 2.05) is 36.4 Å². The van der Waals surface area contributed by atoms with E-state index in [0.29, 0.717) is 29.5 Å². The summed E-state index contributed by atoms with van der Waals surface area (Å²) in [6.45, 7) is 2.02. The number of aliphatic hydroxyl groups excluding tert-OH is 1. The van der Waals surface area contributed by atoms with Crippen LogP contribution < -0.4 is 14.8 Å². The normalized spacial score (nSPS) is 21.5. The van der Waals surface area contributed by atoms with Crippen LogP contribution in [0.3, 0.4) is 0 Å². The van der Waals surface area contributed by atoms with Crippen LogP contribution in [0.4, 0.5) is 16.2 Å². The predicted octanol–water partition coefficient (Wildman–Crippen LogP) is 5.01. The Kier molecular flexibility index (Phi) is 7.87. The lowest BCUT2D eigenvalue weighted by Crippen LogP contribution is -2.53. The van der Waals surface area contributed by atoms with Gasteiger partial charge >= 0.3 is 6.09 Å². The van der Waals surface area contributed by atoms with Crippen LogP contribution in [0.1, 0.15) is 54.0 Å². The molecule has 0 aromatic heterocycles. The van der Waals surface area contributed by atoms with Crippen LogP contribution in [-0.4, -0.2) is 55.5 Å². The molecule has 10 heteroatoms. The SMILES string of the molecule is CS(=O)(=O)Nc1ccc2c(c1)C(O)CC1(CCN([C@@H]3CCc4cc(NC(=O)OCc5ccccc5)ccc4C3)CC1)O2. The molecule has 2 heterocycles. The summed E-state index contributed by atoms with van der Waals surface area (Å²) in [5.74, 6) is 0.626. The molecule has 0 saturated carbocycles. The van der Waals surface area contributed by atoms with E-state index in [-0.39, 0.29) is 6.61 Å². The van der Waals surface area contributed by atoms with E-state index < -0.39 is 27.8 Å². The molecule has 2 aliphatic heterocycles. The van der Waals surface area contributed by atoms with E-state index in [1.165, 1.54) is 11.1 Å². The first kappa shape index (κ1) is 28.5. The molecule has 2 atom stereocenters. The minimum atomic E-state index is -3.40. The number of likely N-dealkylation sites (tertiary alicyclic amines) is 1. The van der Waals surface area contributed by atoms with Crippen molar-refractivity contribution in [2.75, 3.05) is 29.4 Å². The maximum atomic E-state index is 12.3. The molecule has 1 amide bonds. The molecular formula is C32H37N3O6S. The summed E-state index contributed by atoms with van der Waals surface area (Å²) in [5.41, 5.74) is 4.90. The number of carbonyl (C=O) groups is 1. The van der Waals surface area contributed by atoms with Crippen molar-refractivity contribution in [3.63, 3.8) is 0 Å². The number of nitrogens with zero attached hydrogens (tertiary/aromatic N) is 1. The zero-order valence-corrected chi connectivity index (χ0v) is 24.5. The van der Waals surface area contributed by atoms with Crippen molar-refractivity contribution >= 4 is 27.5 Å². The van der Waals surface area contributed by atoms with Gasteiger partial charge in [-0.15, -0.1) is 0 Å². The molecule has 3 aliphatic rings. The number of aryl methyl sites for hydroxylation is 1. The molecule has 3 aromatic rings. The Bertz CT molecular complexity index is 1550. The lowest BCUT2D eigenvalue weighted by atomic mass is 9.80. The molecule has 1 aliphatic carbocycles. The van der Waals surface area contributed by atoms with Crippen LogP contribution in [0.5, 0.6) is 5.75 Å². The fourth-order valence-corrected chi connectivity index (χ4v) is 7.08. The van der Waals surface area contributed by atoms with Gasteiger partial charge in [-0.05, 0) is 79.1 Å². The molecule has 222 valence electrons. The van der Waals surface area contributed by atoms with Crippen LogP contribution >= 0.6 is 0 Å². The largest absolute Gasteiger partial charge is 0.487 e. The number of sulfonamides is 1. The summed E-state index contributed by atoms with van der Waals surface area (Å²) in [6, 6.07) is 21.3. The third-order valence-electron chi connectivity index (χ3n) is 8.66. The van der Waals surface area contributed by atoms with E-state index in [9.17, 15) is 18.3 Å². The number of ether oxygens (including phenoxy) is 2. The first-order valence-corrected chi connectivity index (χ1v) is 16.4. The highest BCUT2D eigenvalue weighted by Gasteiger charge is 2.44. The monoisotopic (exact) mass is 591 g/mol. The summed E-state index contributed by atoms with van der Waals surface area (Å²) in [6.07, 6.45) is 5.03. The van der Waals surface area contributed by atoms with Crippen LogP contribution in [0.2, 0.25) is 0 Å². The molecule has 0 radical (unpaired) electrons. The van der Waals surface area contributed by atoms with Gasteiger partial charge in [0.05, 0.1) is 12.4 Å². The number of fused-ring (bicyclic) bond motifs is 2. The van der Waals surface area contributed by atoms with Gasteiger partial charge in [-0.1, -0.05) is 36.4 Å². The molecule has 42 heavy (non-hydrogen) atoms. The first-order valence-electron chi connectivity index (χ1n) is 14.5. The lowest BCUT2D eigenvalue weighted by molar-refractivity contribution is -0.0608. The molecule has 0 bridgehead atoms. The number of hydrogen-bond donors (Lipinski definition) is 3. The number of aliphatic hydroxyl groups is 1. The van der Waals surface area contributed by atoms with E-state index in [1.54, 1.807) is 18.2 Å². The van der Waals surface area contributed by atoms with E-state index in [0.717, 1.165) is 62.7 Å². The number of carbonyl (C=O) groups excluding carboxylic acids is 1. The number of hydrogen-bond acceptors (Lipinski definition) is 7. The maximum Gasteiger partial charge on any atom is 0.411 e. The number of benzene rings is 3. The lowest BCUT2D eigenvalue weighted by Gasteiger charge is -2.48. The van der Waals surface area contributed by atoms with Crippen LogP contribution in [-0.2, 0) is 34.2 Å². The number of anilines is 2. The average Bonchev–Trinajstić information content (AvgIpc) is 2.96. The minimum Gasteiger partial charge on any atom is -0.487 e. The van der Waals surface area contributed by atoms with Gasteiger partial charge in [0.2, 0.25) is 10.0 Å². The van der Waals surface area contributed by atoms with Crippen molar-refractivity contribution < 1.29 is 27.8 Å². The van der Waals surface area contributed by atoms with Crippen molar-refractivity contribution in [2.45, 2.75) is 62.9 Å². The fourth-order valence-electron chi connectivity index (χ4n) is 6.52. The third kappa shape index (κ3) is 6.56. The van der Waals surface area contributed by atoms with Crippen LogP contribution in [0.25, 0.3) is 0 Å². The summed E-state index contributed by atoms with van der Waals surface area (Å²) >= 11 is 0. The highest BCUT2D eigenvalue weighted by Crippen LogP contribution is 2.45. The van der Waals surface area contributed by atoms with Gasteiger partial charge in [-0.2, -0.15) is 0 Å². The molecule has 1 unspecified atom stereocenters. The molecule has 9 nitrogen and oxygen atoms in total. The van der Waals surface area contributed by atoms with Gasteiger partial charge in [-0.25, -0.2) is 13.2 Å². The quantitative estimate of drug-likeness (QED) is 0.369. The van der Waals surface area contributed by atoms with Gasteiger partial charge < -0.3 is 14.6 Å². The highest BCUT2D eigenvalue weighted by molar-refractivity contribution is 7.92. The first-order chi connectivity index (χ1) is 20.1. The van der Waals surface area contributed by atoms with Gasteiger partial charge in [0.25, 0.3) is 0 Å². The van der Waals surface area contributed by atoms with E-state index in [4.69, 9.17) is 9.47 Å². The van der Waals surface area contributed by atoms with Crippen LogP contribution in [0, 0.1) is 0 Å². The number of piperidine rings is 1. The summed E-state index contributed by atoms with van der Waals surface area (Å²) in [5, 5.41) is 13.8. The topological polar surface area (TPSA) is 117 Å². The molecule has 1 fully saturated rings. The van der Waals surface area contributed by atoms with Crippen molar-refractivity contribution in [1.82, 2.24) is 4.90 Å². The Morgan fingerprint density at radius 3 is 2.57 bits per heavy atom. The van der Waals surface area contributed by atoms with Crippen molar-refractivity contribution in [2.24, 2.45) is 0 Å². The van der Waals surface area contributed by atoms with Crippen molar-refractivity contribution in [1.29, 1.82) is 0 Å². The second-order valence-corrected chi connectivity index (χ2v) is 13.5. The molecular weight excluding hydrogens is 554 g/mol. The van der Waals surface area contributed by atoms with Gasteiger partial charge in [0.1, 0.15) is 18.0 Å². The number of amides is 1. The van der Waals surface area contributed by atoms with Crippen molar-refractivity contribution in [3.05, 3.63) is 89.0 Å². The Balaban J connectivity index is 1.02. The predicted molar refractivity (Wildman–Crippen MR) is 161 cm³/mol. The molecule has 3 N–H and O–H groups in total. The minimum absolute atomic E-state index is 0.233. The summed E-state index contributed by atoms with van der Waals surface area (Å²) < 4.78 is 37.5. The molecule has 1 spiro atoms. The fraction of sp³-hybridized carbons (Fsp3) is 0.406. The maximum absolute atomic E-state index is 12.3. The van der Waals surface area contributed by atoms with Gasteiger partial charge in [0, 0.05) is 42.5 Å². The van der Waals surface area contributed by atoms with Gasteiger partial charge in [0.15, 0.2) is 0 Å². The number of nitrogens with one attached hydrogen (secondary N) is 2. The standard InChI is InChI=1S/C32H37N3O6S/c1-42(38,39)34-26-10-12-30-28(19-26)29(36)20-32(41-30)13-15-35(16-14-32)27-11-8-23-17-25(9-7-24(23)18-27)33-31(37)40-21-22-5-3-2-4-6-22/h2-7,9-10,12,17,19,27,29,34,36H,8,11,13-16,18,20-21H2,1H3,(H,33,37)/t27-,29?/m1/s1. The van der Waals surface area contributed by atoms with Crippen molar-refractivity contribution in [3.8, 4) is 5.75 Å². The smallest absolute Gasteiger partial charge is 0.411 e. The third-order valence-corrected chi connectivity index (χ3v) is 9.26. The summed E-state index contributed by atoms with van der Waals surface area (Å²) in [4.78, 5) is 14.9. The Morgan fingerprint density at radius 2 is 1.81 bits per heavy atom. The summed E-state index contributed by atoms with van der Waals surface area (Å²) in [7, 11) is -3.40. The van der Waals surface area contributed by atoms with Gasteiger partial charge in [-0.3, -0.25) is 14.9 Å². The Hall–Kier alpha value is -3.60. The molecule has 1 saturated heterocycles. The zero-order chi connectivity index (χ0) is 29.3. The van der Waals surface area contributed by atoms with E-state index >= 15 is 0 Å². The molecule has 6 rings (SSSR count). The Labute approximate surface area is 246 Å². The second kappa shape index (κ2) is 11.6.